The summed E-state index contributed by atoms with van der Waals surface area (Å²) >= 11 is 5.83. The predicted molar refractivity (Wildman–Crippen MR) is 73.0 cm³/mol. The van der Waals surface area contributed by atoms with Gasteiger partial charge in [-0.2, -0.15) is 0 Å². The standard InChI is InChI=1S/C14H16ClNO3/c1-14(2)8-11(17)7-12(13(14)16(18)19)9-3-5-10(15)6-4-9/h3-6,12-13H,7-8H2,1-2H3/t12-,13-/m0/s1. The van der Waals surface area contributed by atoms with Gasteiger partial charge in [-0.1, -0.05) is 37.6 Å². The highest BCUT2D eigenvalue weighted by molar-refractivity contribution is 6.30. The predicted octanol–water partition coefficient (Wildman–Crippen LogP) is 3.46. The number of nitro groups is 1. The fourth-order valence-corrected chi connectivity index (χ4v) is 3.15. The van der Waals surface area contributed by atoms with Gasteiger partial charge < -0.3 is 0 Å². The molecule has 2 rings (SSSR count). The van der Waals surface area contributed by atoms with E-state index < -0.39 is 11.5 Å². The smallest absolute Gasteiger partial charge is 0.225 e. The molecule has 1 aliphatic carbocycles. The Morgan fingerprint density at radius 3 is 2.42 bits per heavy atom. The van der Waals surface area contributed by atoms with Crippen LogP contribution in [0.25, 0.3) is 0 Å². The molecule has 1 saturated carbocycles. The first-order valence-electron chi connectivity index (χ1n) is 6.22. The van der Waals surface area contributed by atoms with Crippen LogP contribution in [0.15, 0.2) is 24.3 Å². The molecule has 1 aromatic carbocycles. The van der Waals surface area contributed by atoms with Crippen molar-refractivity contribution < 1.29 is 9.72 Å². The van der Waals surface area contributed by atoms with Crippen molar-refractivity contribution in [1.29, 1.82) is 0 Å². The van der Waals surface area contributed by atoms with Gasteiger partial charge in [0.15, 0.2) is 0 Å². The topological polar surface area (TPSA) is 60.2 Å². The van der Waals surface area contributed by atoms with Crippen LogP contribution in [0.3, 0.4) is 0 Å². The number of hydrogen-bond acceptors (Lipinski definition) is 3. The van der Waals surface area contributed by atoms with Gasteiger partial charge in [0.25, 0.3) is 0 Å². The normalized spacial score (nSPS) is 26.2. The van der Waals surface area contributed by atoms with Crippen molar-refractivity contribution in [3.05, 3.63) is 45.0 Å². The summed E-state index contributed by atoms with van der Waals surface area (Å²) in [5.41, 5.74) is 0.190. The van der Waals surface area contributed by atoms with Gasteiger partial charge in [-0.05, 0) is 17.7 Å². The SMILES string of the molecule is CC1(C)CC(=O)C[C@@H](c2ccc(Cl)cc2)[C@@H]1[N+](=O)[O-]. The molecule has 0 amide bonds. The van der Waals surface area contributed by atoms with Crippen LogP contribution in [0.4, 0.5) is 0 Å². The molecule has 0 bridgehead atoms. The molecule has 0 heterocycles. The molecule has 0 aromatic heterocycles. The number of carbonyl (C=O) groups is 1. The Balaban J connectivity index is 2.42. The summed E-state index contributed by atoms with van der Waals surface area (Å²) in [6.07, 6.45) is 0.499. The molecule has 1 aliphatic rings. The van der Waals surface area contributed by atoms with Crippen molar-refractivity contribution in [2.24, 2.45) is 5.41 Å². The number of carbonyl (C=O) groups excluding carboxylic acids is 1. The molecule has 0 spiro atoms. The Morgan fingerprint density at radius 1 is 1.32 bits per heavy atom. The van der Waals surface area contributed by atoms with E-state index in [9.17, 15) is 14.9 Å². The second-order valence-corrected chi connectivity index (χ2v) is 6.23. The lowest BCUT2D eigenvalue weighted by atomic mass is 9.66. The summed E-state index contributed by atoms with van der Waals surface area (Å²) < 4.78 is 0. The average Bonchev–Trinajstić information content (AvgIpc) is 2.26. The van der Waals surface area contributed by atoms with Crippen LogP contribution in [0.5, 0.6) is 0 Å². The third-order valence-corrected chi connectivity index (χ3v) is 4.06. The minimum atomic E-state index is -0.744. The zero-order valence-corrected chi connectivity index (χ0v) is 11.7. The van der Waals surface area contributed by atoms with E-state index >= 15 is 0 Å². The molecular formula is C14H16ClNO3. The molecule has 0 radical (unpaired) electrons. The van der Waals surface area contributed by atoms with Gasteiger partial charge in [-0.15, -0.1) is 0 Å². The van der Waals surface area contributed by atoms with Crippen LogP contribution < -0.4 is 0 Å². The van der Waals surface area contributed by atoms with E-state index in [1.807, 2.05) is 0 Å². The summed E-state index contributed by atoms with van der Waals surface area (Å²) in [6.45, 7) is 3.58. The molecule has 0 aliphatic heterocycles. The molecule has 19 heavy (non-hydrogen) atoms. The molecule has 5 heteroatoms. The minimum absolute atomic E-state index is 0.0862. The summed E-state index contributed by atoms with van der Waals surface area (Å²) in [4.78, 5) is 23.0. The van der Waals surface area contributed by atoms with Gasteiger partial charge in [0, 0.05) is 28.2 Å². The fraction of sp³-hybridized carbons (Fsp3) is 0.500. The minimum Gasteiger partial charge on any atom is -0.300 e. The third-order valence-electron chi connectivity index (χ3n) is 3.81. The summed E-state index contributed by atoms with van der Waals surface area (Å²) in [7, 11) is 0. The maximum absolute atomic E-state index is 11.8. The van der Waals surface area contributed by atoms with Crippen molar-refractivity contribution in [2.75, 3.05) is 0 Å². The highest BCUT2D eigenvalue weighted by atomic mass is 35.5. The third kappa shape index (κ3) is 2.78. The second-order valence-electron chi connectivity index (χ2n) is 5.80. The lowest BCUT2D eigenvalue weighted by Gasteiger charge is -2.37. The number of hydrogen-bond donors (Lipinski definition) is 0. The number of benzene rings is 1. The van der Waals surface area contributed by atoms with Gasteiger partial charge >= 0.3 is 0 Å². The maximum Gasteiger partial charge on any atom is 0.225 e. The summed E-state index contributed by atoms with van der Waals surface area (Å²) in [6, 6.07) is 6.22. The number of Topliss-reactive ketones (excluding diaryl/α,β-unsaturated/α-hetero) is 1. The van der Waals surface area contributed by atoms with Gasteiger partial charge in [0.05, 0.1) is 5.92 Å². The van der Waals surface area contributed by atoms with E-state index in [4.69, 9.17) is 11.6 Å². The quantitative estimate of drug-likeness (QED) is 0.616. The summed E-state index contributed by atoms with van der Waals surface area (Å²) in [5.74, 6) is -0.286. The van der Waals surface area contributed by atoms with E-state index in [0.29, 0.717) is 5.02 Å². The van der Waals surface area contributed by atoms with E-state index in [1.165, 1.54) is 0 Å². The Bertz CT molecular complexity index is 510. The van der Waals surface area contributed by atoms with Gasteiger partial charge in [-0.3, -0.25) is 14.9 Å². The number of rotatable bonds is 2. The molecule has 0 unspecified atom stereocenters. The summed E-state index contributed by atoms with van der Waals surface area (Å²) in [5, 5.41) is 12.0. The van der Waals surface area contributed by atoms with E-state index in [-0.39, 0.29) is 29.5 Å². The number of halogens is 1. The molecule has 1 aromatic rings. The van der Waals surface area contributed by atoms with Crippen LogP contribution in [0.2, 0.25) is 5.02 Å². The molecular weight excluding hydrogens is 266 g/mol. The monoisotopic (exact) mass is 281 g/mol. The van der Waals surface area contributed by atoms with Crippen LogP contribution in [-0.2, 0) is 4.79 Å². The first kappa shape index (κ1) is 14.0. The van der Waals surface area contributed by atoms with Crippen LogP contribution >= 0.6 is 11.6 Å². The second kappa shape index (κ2) is 4.93. The van der Waals surface area contributed by atoms with Gasteiger partial charge in [-0.25, -0.2) is 0 Å². The average molecular weight is 282 g/mol. The van der Waals surface area contributed by atoms with Crippen molar-refractivity contribution in [2.45, 2.75) is 38.6 Å². The fourth-order valence-electron chi connectivity index (χ4n) is 3.03. The van der Waals surface area contributed by atoms with Gasteiger partial charge in [0.2, 0.25) is 6.04 Å². The molecule has 0 N–H and O–H groups in total. The first-order chi connectivity index (χ1) is 8.81. The number of nitrogens with zero attached hydrogens (tertiary/aromatic N) is 1. The highest BCUT2D eigenvalue weighted by Gasteiger charge is 2.50. The molecule has 102 valence electrons. The lowest BCUT2D eigenvalue weighted by molar-refractivity contribution is -0.546. The zero-order chi connectivity index (χ0) is 14.2. The zero-order valence-electron chi connectivity index (χ0n) is 10.9. The van der Waals surface area contributed by atoms with E-state index in [1.54, 1.807) is 38.1 Å². The van der Waals surface area contributed by atoms with Crippen molar-refractivity contribution in [1.82, 2.24) is 0 Å². The number of ketones is 1. The molecule has 4 nitrogen and oxygen atoms in total. The van der Waals surface area contributed by atoms with Crippen molar-refractivity contribution in [3.63, 3.8) is 0 Å². The Labute approximate surface area is 116 Å². The molecule has 1 fully saturated rings. The largest absolute Gasteiger partial charge is 0.300 e. The maximum atomic E-state index is 11.8. The van der Waals surface area contributed by atoms with E-state index in [0.717, 1.165) is 5.56 Å². The van der Waals surface area contributed by atoms with Crippen LogP contribution in [0, 0.1) is 15.5 Å². The Morgan fingerprint density at radius 2 is 1.89 bits per heavy atom. The first-order valence-corrected chi connectivity index (χ1v) is 6.60. The van der Waals surface area contributed by atoms with Crippen molar-refractivity contribution in [3.8, 4) is 0 Å². The highest BCUT2D eigenvalue weighted by Crippen LogP contribution is 2.43. The van der Waals surface area contributed by atoms with E-state index in [2.05, 4.69) is 0 Å². The van der Waals surface area contributed by atoms with Crippen molar-refractivity contribution >= 4 is 17.4 Å². The Kier molecular flexibility index (Phi) is 3.63. The van der Waals surface area contributed by atoms with Crippen LogP contribution in [0.1, 0.15) is 38.2 Å². The van der Waals surface area contributed by atoms with Gasteiger partial charge in [0.1, 0.15) is 5.78 Å². The molecule has 0 saturated heterocycles. The molecule has 2 atom stereocenters. The van der Waals surface area contributed by atoms with Crippen LogP contribution in [-0.4, -0.2) is 16.7 Å². The Hall–Kier alpha value is -1.42. The lowest BCUT2D eigenvalue weighted by Crippen LogP contribution is -2.47.